The first-order valence-electron chi connectivity index (χ1n) is 7.50. The second-order valence-electron chi connectivity index (χ2n) is 7.58. The van der Waals surface area contributed by atoms with E-state index in [1.54, 1.807) is 4.90 Å². The van der Waals surface area contributed by atoms with Crippen LogP contribution in [0.5, 0.6) is 0 Å². The monoisotopic (exact) mass is 263 g/mol. The van der Waals surface area contributed by atoms with Crippen LogP contribution >= 0.6 is 0 Å². The summed E-state index contributed by atoms with van der Waals surface area (Å²) in [5.41, 5.74) is -0.964. The summed E-state index contributed by atoms with van der Waals surface area (Å²) >= 11 is 0. The van der Waals surface area contributed by atoms with Crippen LogP contribution in [0.15, 0.2) is 0 Å². The number of aliphatic hydroxyl groups is 1. The van der Waals surface area contributed by atoms with E-state index in [0.29, 0.717) is 24.7 Å². The quantitative estimate of drug-likeness (QED) is 0.729. The molecule has 0 spiro atoms. The van der Waals surface area contributed by atoms with Gasteiger partial charge in [0.15, 0.2) is 0 Å². The Kier molecular flexibility index (Phi) is 2.13. The molecule has 3 unspecified atom stereocenters. The Hall–Kier alpha value is -0.900. The predicted octanol–water partition coefficient (Wildman–Crippen LogP) is 1.47. The van der Waals surface area contributed by atoms with Crippen LogP contribution in [-0.2, 0) is 9.59 Å². The maximum Gasteiger partial charge on any atom is 0.233 e. The number of rotatable bonds is 1. The Balaban J connectivity index is 1.74. The molecule has 104 valence electrons. The third-order valence-corrected chi connectivity index (χ3v) is 5.85. The van der Waals surface area contributed by atoms with Gasteiger partial charge in [-0.2, -0.15) is 0 Å². The van der Waals surface area contributed by atoms with Crippen LogP contribution in [0.1, 0.15) is 51.9 Å². The van der Waals surface area contributed by atoms with Gasteiger partial charge in [-0.05, 0) is 50.4 Å². The van der Waals surface area contributed by atoms with Crippen molar-refractivity contribution in [3.05, 3.63) is 0 Å². The van der Waals surface area contributed by atoms with Gasteiger partial charge in [0.1, 0.15) is 0 Å². The molecular weight excluding hydrogens is 242 g/mol. The summed E-state index contributed by atoms with van der Waals surface area (Å²) in [6, 6.07) is 0. The highest BCUT2D eigenvalue weighted by atomic mass is 16.3. The number of hydrogen-bond donors (Lipinski definition) is 1. The molecule has 19 heavy (non-hydrogen) atoms. The zero-order valence-corrected chi connectivity index (χ0v) is 11.4. The van der Waals surface area contributed by atoms with E-state index in [1.165, 1.54) is 6.42 Å². The van der Waals surface area contributed by atoms with Crippen LogP contribution in [-0.4, -0.2) is 33.0 Å². The molecule has 1 aliphatic heterocycles. The van der Waals surface area contributed by atoms with Crippen LogP contribution in [0.4, 0.5) is 0 Å². The van der Waals surface area contributed by atoms with Gasteiger partial charge in [-0.15, -0.1) is 0 Å². The lowest BCUT2D eigenvalue weighted by molar-refractivity contribution is -0.184. The Bertz CT molecular complexity index is 458. The molecule has 0 radical (unpaired) electrons. The number of carbonyl (C=O) groups is 2. The molecule has 2 amide bonds. The molecule has 4 aliphatic carbocycles. The number of imide groups is 1. The van der Waals surface area contributed by atoms with Crippen molar-refractivity contribution in [1.82, 2.24) is 4.90 Å². The SMILES string of the molecule is CC1CC(=O)N(C23CC4CC(CC(O)(C4)C2)C3)C1=O. The van der Waals surface area contributed by atoms with Gasteiger partial charge < -0.3 is 5.11 Å². The molecule has 4 nitrogen and oxygen atoms in total. The van der Waals surface area contributed by atoms with Gasteiger partial charge in [-0.3, -0.25) is 14.5 Å². The summed E-state index contributed by atoms with van der Waals surface area (Å²) < 4.78 is 0. The highest BCUT2D eigenvalue weighted by molar-refractivity contribution is 6.04. The van der Waals surface area contributed by atoms with Gasteiger partial charge in [0.05, 0.1) is 11.1 Å². The van der Waals surface area contributed by atoms with Gasteiger partial charge in [0.25, 0.3) is 0 Å². The fourth-order valence-electron chi connectivity index (χ4n) is 5.71. The van der Waals surface area contributed by atoms with Crippen molar-refractivity contribution < 1.29 is 14.7 Å². The van der Waals surface area contributed by atoms with Gasteiger partial charge in [-0.25, -0.2) is 0 Å². The van der Waals surface area contributed by atoms with E-state index in [0.717, 1.165) is 25.7 Å². The van der Waals surface area contributed by atoms with E-state index < -0.39 is 5.60 Å². The molecule has 5 rings (SSSR count). The second kappa shape index (κ2) is 3.40. The minimum absolute atomic E-state index is 0.00412. The molecule has 3 atom stereocenters. The smallest absolute Gasteiger partial charge is 0.233 e. The fourth-order valence-corrected chi connectivity index (χ4v) is 5.71. The number of nitrogens with zero attached hydrogens (tertiary/aromatic N) is 1. The van der Waals surface area contributed by atoms with E-state index >= 15 is 0 Å². The first-order valence-corrected chi connectivity index (χ1v) is 7.50. The molecule has 1 N–H and O–H groups in total. The van der Waals surface area contributed by atoms with Gasteiger partial charge in [0, 0.05) is 12.3 Å². The summed E-state index contributed by atoms with van der Waals surface area (Å²) in [6.45, 7) is 1.84. The van der Waals surface area contributed by atoms with E-state index in [9.17, 15) is 14.7 Å². The molecule has 5 fully saturated rings. The van der Waals surface area contributed by atoms with Crippen molar-refractivity contribution in [3.8, 4) is 0 Å². The maximum absolute atomic E-state index is 12.4. The van der Waals surface area contributed by atoms with Crippen molar-refractivity contribution >= 4 is 11.8 Å². The lowest BCUT2D eigenvalue weighted by Gasteiger charge is -2.62. The fraction of sp³-hybridized carbons (Fsp3) is 0.867. The summed E-state index contributed by atoms with van der Waals surface area (Å²) in [5, 5.41) is 10.7. The molecule has 1 saturated heterocycles. The van der Waals surface area contributed by atoms with Gasteiger partial charge >= 0.3 is 0 Å². The third-order valence-electron chi connectivity index (χ3n) is 5.85. The first kappa shape index (κ1) is 11.9. The van der Waals surface area contributed by atoms with Crippen molar-refractivity contribution in [2.24, 2.45) is 17.8 Å². The molecule has 4 bridgehead atoms. The molecule has 0 aromatic rings. The van der Waals surface area contributed by atoms with Crippen LogP contribution in [0.2, 0.25) is 0 Å². The van der Waals surface area contributed by atoms with Crippen LogP contribution in [0.25, 0.3) is 0 Å². The third kappa shape index (κ3) is 1.49. The van der Waals surface area contributed by atoms with Crippen LogP contribution in [0, 0.1) is 17.8 Å². The highest BCUT2D eigenvalue weighted by Gasteiger charge is 2.62. The Morgan fingerprint density at radius 2 is 1.79 bits per heavy atom. The van der Waals surface area contributed by atoms with Crippen LogP contribution in [0.3, 0.4) is 0 Å². The van der Waals surface area contributed by atoms with Gasteiger partial charge in [0.2, 0.25) is 11.8 Å². The summed E-state index contributed by atoms with van der Waals surface area (Å²) in [4.78, 5) is 26.2. The lowest BCUT2D eigenvalue weighted by atomic mass is 9.50. The standard InChI is InChI=1S/C15H21NO3/c1-9-2-12(17)16(13(9)18)14-4-10-3-11(5-14)7-15(19,6-10)8-14/h9-11,19H,2-8H2,1H3. The van der Waals surface area contributed by atoms with E-state index in [1.807, 2.05) is 6.92 Å². The Morgan fingerprint density at radius 1 is 1.16 bits per heavy atom. The van der Waals surface area contributed by atoms with Crippen molar-refractivity contribution in [2.75, 3.05) is 0 Å². The average Bonchev–Trinajstić information content (AvgIpc) is 2.49. The molecule has 4 saturated carbocycles. The maximum atomic E-state index is 12.4. The summed E-state index contributed by atoms with van der Waals surface area (Å²) in [7, 11) is 0. The summed E-state index contributed by atoms with van der Waals surface area (Å²) in [5.74, 6) is 0.819. The number of likely N-dealkylation sites (tertiary alicyclic amines) is 1. The summed E-state index contributed by atoms with van der Waals surface area (Å²) in [6.07, 6.45) is 5.75. The highest BCUT2D eigenvalue weighted by Crippen LogP contribution is 2.60. The molecule has 0 aromatic carbocycles. The molecule has 1 heterocycles. The van der Waals surface area contributed by atoms with Crippen LogP contribution < -0.4 is 0 Å². The zero-order valence-electron chi connectivity index (χ0n) is 11.4. The number of carbonyl (C=O) groups excluding carboxylic acids is 2. The topological polar surface area (TPSA) is 57.6 Å². The van der Waals surface area contributed by atoms with E-state index in [4.69, 9.17) is 0 Å². The van der Waals surface area contributed by atoms with Crippen molar-refractivity contribution in [1.29, 1.82) is 0 Å². The minimum atomic E-state index is -0.615. The number of amides is 2. The van der Waals surface area contributed by atoms with Gasteiger partial charge in [-0.1, -0.05) is 6.92 Å². The predicted molar refractivity (Wildman–Crippen MR) is 68.0 cm³/mol. The normalized spacial score (nSPS) is 52.3. The van der Waals surface area contributed by atoms with Crippen molar-refractivity contribution in [3.63, 3.8) is 0 Å². The van der Waals surface area contributed by atoms with E-state index in [-0.39, 0.29) is 23.3 Å². The molecule has 5 aliphatic rings. The average molecular weight is 263 g/mol. The largest absolute Gasteiger partial charge is 0.390 e. The van der Waals surface area contributed by atoms with E-state index in [2.05, 4.69) is 0 Å². The van der Waals surface area contributed by atoms with Crippen molar-refractivity contribution in [2.45, 2.75) is 63.0 Å². The molecular formula is C15H21NO3. The number of hydrogen-bond acceptors (Lipinski definition) is 3. The minimum Gasteiger partial charge on any atom is -0.390 e. The first-order chi connectivity index (χ1) is 8.91. The molecule has 0 aromatic heterocycles. The Labute approximate surface area is 113 Å². The lowest BCUT2D eigenvalue weighted by Crippen LogP contribution is -2.66. The molecule has 4 heteroatoms. The zero-order chi connectivity index (χ0) is 13.4. The Morgan fingerprint density at radius 3 is 2.26 bits per heavy atom. The second-order valence-corrected chi connectivity index (χ2v) is 7.58.